The molecule has 2 aromatic rings. The van der Waals surface area contributed by atoms with E-state index in [9.17, 15) is 14.4 Å². The molecule has 0 unspecified atom stereocenters. The number of nitrogens with zero attached hydrogens (tertiary/aromatic N) is 1. The number of ether oxygens (including phenoxy) is 1. The summed E-state index contributed by atoms with van der Waals surface area (Å²) < 4.78 is 5.25. The van der Waals surface area contributed by atoms with Crippen LogP contribution in [-0.4, -0.2) is 29.4 Å². The molecule has 0 saturated carbocycles. The maximum atomic E-state index is 12.4. The number of rotatable bonds is 5. The third kappa shape index (κ3) is 3.34. The number of imide groups is 1. The highest BCUT2D eigenvalue weighted by atomic mass is 16.5. The highest BCUT2D eigenvalue weighted by molar-refractivity contribution is 6.07. The van der Waals surface area contributed by atoms with Gasteiger partial charge < -0.3 is 15.4 Å². The van der Waals surface area contributed by atoms with Crippen molar-refractivity contribution in [2.24, 2.45) is 0 Å². The van der Waals surface area contributed by atoms with Gasteiger partial charge in [0.15, 0.2) is 0 Å². The SMILES string of the molecule is CCOc1ccc(C(=O)Nc2cccc([C@]3(C)NC(=O)NC3=O)c2)cn1. The molecule has 8 nitrogen and oxygen atoms in total. The van der Waals surface area contributed by atoms with Gasteiger partial charge in [-0.1, -0.05) is 12.1 Å². The second-order valence-electron chi connectivity index (χ2n) is 5.89. The van der Waals surface area contributed by atoms with Crippen LogP contribution in [0.5, 0.6) is 5.88 Å². The Labute approximate surface area is 150 Å². The lowest BCUT2D eigenvalue weighted by Crippen LogP contribution is -2.40. The lowest BCUT2D eigenvalue weighted by molar-refractivity contribution is -0.123. The first-order valence-electron chi connectivity index (χ1n) is 8.06. The van der Waals surface area contributed by atoms with Crippen LogP contribution in [0, 0.1) is 0 Å². The predicted octanol–water partition coefficient (Wildman–Crippen LogP) is 1.79. The number of pyridine rings is 1. The Bertz CT molecular complexity index is 866. The van der Waals surface area contributed by atoms with E-state index in [1.165, 1.54) is 6.20 Å². The van der Waals surface area contributed by atoms with Gasteiger partial charge in [0.2, 0.25) is 5.88 Å². The second-order valence-corrected chi connectivity index (χ2v) is 5.89. The number of nitrogens with one attached hydrogen (secondary N) is 3. The van der Waals surface area contributed by atoms with Crippen molar-refractivity contribution in [3.63, 3.8) is 0 Å². The van der Waals surface area contributed by atoms with Crippen LogP contribution in [0.3, 0.4) is 0 Å². The van der Waals surface area contributed by atoms with Crippen molar-refractivity contribution < 1.29 is 19.1 Å². The van der Waals surface area contributed by atoms with Gasteiger partial charge in [-0.05, 0) is 37.6 Å². The molecule has 0 radical (unpaired) electrons. The molecule has 0 spiro atoms. The van der Waals surface area contributed by atoms with E-state index in [4.69, 9.17) is 4.74 Å². The zero-order valence-electron chi connectivity index (χ0n) is 14.3. The van der Waals surface area contributed by atoms with Crippen molar-refractivity contribution in [3.8, 4) is 5.88 Å². The summed E-state index contributed by atoms with van der Waals surface area (Å²) >= 11 is 0. The van der Waals surface area contributed by atoms with Crippen LogP contribution >= 0.6 is 0 Å². The summed E-state index contributed by atoms with van der Waals surface area (Å²) in [5.74, 6) is -0.341. The minimum absolute atomic E-state index is 0.345. The van der Waals surface area contributed by atoms with Gasteiger partial charge in [0.1, 0.15) is 5.54 Å². The van der Waals surface area contributed by atoms with E-state index in [1.807, 2.05) is 6.92 Å². The van der Waals surface area contributed by atoms with E-state index in [0.717, 1.165) is 0 Å². The third-order valence-electron chi connectivity index (χ3n) is 4.03. The predicted molar refractivity (Wildman–Crippen MR) is 93.8 cm³/mol. The number of hydrogen-bond acceptors (Lipinski definition) is 5. The number of carbonyl (C=O) groups excluding carboxylic acids is 3. The van der Waals surface area contributed by atoms with Crippen molar-refractivity contribution in [3.05, 3.63) is 53.7 Å². The van der Waals surface area contributed by atoms with Gasteiger partial charge in [-0.3, -0.25) is 14.9 Å². The molecule has 1 aromatic carbocycles. The summed E-state index contributed by atoms with van der Waals surface area (Å²) in [4.78, 5) is 39.9. The minimum atomic E-state index is -1.18. The topological polar surface area (TPSA) is 109 Å². The second kappa shape index (κ2) is 6.83. The molecule has 1 fully saturated rings. The molecule has 1 aliphatic rings. The largest absolute Gasteiger partial charge is 0.478 e. The Morgan fingerprint density at radius 3 is 2.69 bits per heavy atom. The number of benzene rings is 1. The fourth-order valence-electron chi connectivity index (χ4n) is 2.61. The number of urea groups is 1. The molecule has 26 heavy (non-hydrogen) atoms. The van der Waals surface area contributed by atoms with Gasteiger partial charge in [0.05, 0.1) is 12.2 Å². The van der Waals surface area contributed by atoms with E-state index in [1.54, 1.807) is 43.3 Å². The van der Waals surface area contributed by atoms with Crippen molar-refractivity contribution in [2.75, 3.05) is 11.9 Å². The normalized spacial score (nSPS) is 18.8. The first-order valence-corrected chi connectivity index (χ1v) is 8.06. The van der Waals surface area contributed by atoms with Crippen LogP contribution in [0.2, 0.25) is 0 Å². The summed E-state index contributed by atoms with van der Waals surface area (Å²) in [6.45, 7) is 3.95. The van der Waals surface area contributed by atoms with Crippen LogP contribution in [0.4, 0.5) is 10.5 Å². The first kappa shape index (κ1) is 17.4. The highest BCUT2D eigenvalue weighted by Gasteiger charge is 2.43. The smallest absolute Gasteiger partial charge is 0.322 e. The van der Waals surface area contributed by atoms with Crippen LogP contribution in [-0.2, 0) is 10.3 Å². The molecule has 1 saturated heterocycles. The summed E-state index contributed by atoms with van der Waals surface area (Å²) in [5.41, 5.74) is 0.246. The number of carbonyl (C=O) groups is 3. The number of aromatic nitrogens is 1. The maximum absolute atomic E-state index is 12.4. The van der Waals surface area contributed by atoms with Gasteiger partial charge in [0, 0.05) is 18.0 Å². The quantitative estimate of drug-likeness (QED) is 0.709. The molecule has 134 valence electrons. The molecule has 0 aliphatic carbocycles. The molecule has 8 heteroatoms. The molecule has 2 heterocycles. The monoisotopic (exact) mass is 354 g/mol. The zero-order chi connectivity index (χ0) is 18.7. The lowest BCUT2D eigenvalue weighted by atomic mass is 9.92. The molecule has 4 amide bonds. The van der Waals surface area contributed by atoms with Gasteiger partial charge in [-0.2, -0.15) is 0 Å². The Balaban J connectivity index is 1.77. The average molecular weight is 354 g/mol. The summed E-state index contributed by atoms with van der Waals surface area (Å²) in [6, 6.07) is 9.43. The Morgan fingerprint density at radius 1 is 1.27 bits per heavy atom. The Hall–Kier alpha value is -3.42. The van der Waals surface area contributed by atoms with Gasteiger partial charge in [-0.15, -0.1) is 0 Å². The summed E-state index contributed by atoms with van der Waals surface area (Å²) in [5, 5.41) is 7.55. The standard InChI is InChI=1S/C18H18N4O4/c1-3-26-14-8-7-11(10-19-14)15(23)20-13-6-4-5-12(9-13)18(2)16(24)21-17(25)22-18/h4-10H,3H2,1-2H3,(H,20,23)(H2,21,22,24,25)/t18-/m0/s1. The Morgan fingerprint density at radius 2 is 2.08 bits per heavy atom. The first-order chi connectivity index (χ1) is 12.4. The number of amides is 4. The van der Waals surface area contributed by atoms with Crippen molar-refractivity contribution in [1.82, 2.24) is 15.6 Å². The van der Waals surface area contributed by atoms with E-state index in [0.29, 0.717) is 29.3 Å². The fraction of sp³-hybridized carbons (Fsp3) is 0.222. The molecular formula is C18H18N4O4. The molecule has 3 N–H and O–H groups in total. The van der Waals surface area contributed by atoms with Gasteiger partial charge in [-0.25, -0.2) is 9.78 Å². The van der Waals surface area contributed by atoms with Gasteiger partial charge >= 0.3 is 6.03 Å². The zero-order valence-corrected chi connectivity index (χ0v) is 14.3. The molecular weight excluding hydrogens is 336 g/mol. The van der Waals surface area contributed by atoms with Crippen LogP contribution in [0.25, 0.3) is 0 Å². The Kier molecular flexibility index (Phi) is 4.57. The number of anilines is 1. The van der Waals surface area contributed by atoms with Crippen molar-refractivity contribution in [2.45, 2.75) is 19.4 Å². The van der Waals surface area contributed by atoms with Crippen molar-refractivity contribution >= 4 is 23.5 Å². The van der Waals surface area contributed by atoms with E-state index in [-0.39, 0.29) is 5.91 Å². The summed E-state index contributed by atoms with van der Waals surface area (Å²) in [6.07, 6.45) is 1.43. The third-order valence-corrected chi connectivity index (χ3v) is 4.03. The fourth-order valence-corrected chi connectivity index (χ4v) is 2.61. The van der Waals surface area contributed by atoms with E-state index in [2.05, 4.69) is 20.9 Å². The molecule has 1 atom stereocenters. The minimum Gasteiger partial charge on any atom is -0.478 e. The van der Waals surface area contributed by atoms with Crippen LogP contribution < -0.4 is 20.7 Å². The molecule has 1 aromatic heterocycles. The van der Waals surface area contributed by atoms with E-state index < -0.39 is 17.5 Å². The van der Waals surface area contributed by atoms with Crippen LogP contribution in [0.1, 0.15) is 29.8 Å². The summed E-state index contributed by atoms with van der Waals surface area (Å²) in [7, 11) is 0. The van der Waals surface area contributed by atoms with Gasteiger partial charge in [0.25, 0.3) is 11.8 Å². The molecule has 3 rings (SSSR count). The number of hydrogen-bond donors (Lipinski definition) is 3. The highest BCUT2D eigenvalue weighted by Crippen LogP contribution is 2.26. The van der Waals surface area contributed by atoms with Crippen molar-refractivity contribution in [1.29, 1.82) is 0 Å². The lowest BCUT2D eigenvalue weighted by Gasteiger charge is -2.21. The maximum Gasteiger partial charge on any atom is 0.322 e. The van der Waals surface area contributed by atoms with E-state index >= 15 is 0 Å². The van der Waals surface area contributed by atoms with Crippen LogP contribution in [0.15, 0.2) is 42.6 Å². The molecule has 0 bridgehead atoms. The molecule has 1 aliphatic heterocycles. The average Bonchev–Trinajstić information content (AvgIpc) is 2.89.